The van der Waals surface area contributed by atoms with Crippen molar-refractivity contribution in [3.8, 4) is 0 Å². The lowest BCUT2D eigenvalue weighted by atomic mass is 10.0. The van der Waals surface area contributed by atoms with Crippen LogP contribution in [-0.4, -0.2) is 23.1 Å². The molecular formula is C22H25F2NO4. The normalized spacial score (nSPS) is 13.3. The first-order valence-electron chi connectivity index (χ1n) is 9.31. The number of rotatable bonds is 9. The Morgan fingerprint density at radius 2 is 1.69 bits per heavy atom. The summed E-state index contributed by atoms with van der Waals surface area (Å²) in [5, 5.41) is 11.8. The first kappa shape index (κ1) is 22.5. The van der Waals surface area contributed by atoms with E-state index in [9.17, 15) is 18.4 Å². The van der Waals surface area contributed by atoms with Gasteiger partial charge in [0.15, 0.2) is 0 Å². The summed E-state index contributed by atoms with van der Waals surface area (Å²) in [6, 6.07) is 11.8. The Morgan fingerprint density at radius 3 is 2.24 bits per heavy atom. The zero-order valence-corrected chi connectivity index (χ0v) is 16.6. The SMILES string of the molecule is CC(C)[C@@H](OCc1cccc(C(F)F)c1)C(=O)N[C@@H](C)c1ccc(C(=O)O)cc1. The first-order chi connectivity index (χ1) is 13.7. The van der Waals surface area contributed by atoms with Crippen LogP contribution in [0.2, 0.25) is 0 Å². The van der Waals surface area contributed by atoms with Gasteiger partial charge in [-0.1, -0.05) is 44.2 Å². The van der Waals surface area contributed by atoms with Gasteiger partial charge >= 0.3 is 5.97 Å². The van der Waals surface area contributed by atoms with Gasteiger partial charge in [0.1, 0.15) is 6.10 Å². The highest BCUT2D eigenvalue weighted by molar-refractivity contribution is 5.87. The minimum absolute atomic E-state index is 0.0402. The summed E-state index contributed by atoms with van der Waals surface area (Å²) in [6.07, 6.45) is -3.32. The third-order valence-corrected chi connectivity index (χ3v) is 4.51. The average molecular weight is 405 g/mol. The summed E-state index contributed by atoms with van der Waals surface area (Å²) in [5.41, 5.74) is 1.41. The number of carbonyl (C=O) groups is 2. The van der Waals surface area contributed by atoms with Crippen molar-refractivity contribution in [1.29, 1.82) is 0 Å². The number of carboxylic acids is 1. The molecule has 0 spiro atoms. The molecule has 156 valence electrons. The first-order valence-corrected chi connectivity index (χ1v) is 9.31. The maximum absolute atomic E-state index is 12.8. The molecule has 0 saturated carbocycles. The number of hydrogen-bond donors (Lipinski definition) is 2. The highest BCUT2D eigenvalue weighted by Gasteiger charge is 2.25. The number of amides is 1. The van der Waals surface area contributed by atoms with Crippen molar-refractivity contribution in [1.82, 2.24) is 5.32 Å². The standard InChI is InChI=1S/C22H25F2NO4/c1-13(2)19(29-12-15-5-4-6-18(11-15)20(23)24)21(26)25-14(3)16-7-9-17(10-8-16)22(27)28/h4-11,13-14,19-20H,12H2,1-3H3,(H,25,26)(H,27,28)/t14-,19+/m0/s1. The van der Waals surface area contributed by atoms with Gasteiger partial charge in [-0.05, 0) is 42.2 Å². The van der Waals surface area contributed by atoms with E-state index in [1.807, 2.05) is 13.8 Å². The molecule has 2 aromatic rings. The van der Waals surface area contributed by atoms with Crippen LogP contribution < -0.4 is 5.32 Å². The number of halogens is 2. The minimum atomic E-state index is -2.56. The molecule has 29 heavy (non-hydrogen) atoms. The fourth-order valence-electron chi connectivity index (χ4n) is 2.87. The average Bonchev–Trinajstić information content (AvgIpc) is 2.68. The van der Waals surface area contributed by atoms with Gasteiger partial charge in [0.05, 0.1) is 18.2 Å². The molecule has 7 heteroatoms. The number of benzene rings is 2. The predicted octanol–water partition coefficient (Wildman–Crippen LogP) is 4.74. The van der Waals surface area contributed by atoms with Crippen molar-refractivity contribution in [2.24, 2.45) is 5.92 Å². The van der Waals surface area contributed by atoms with E-state index >= 15 is 0 Å². The molecule has 0 saturated heterocycles. The molecule has 0 radical (unpaired) electrons. The van der Waals surface area contributed by atoms with Crippen LogP contribution in [0.15, 0.2) is 48.5 Å². The molecular weight excluding hydrogens is 380 g/mol. The molecule has 2 aromatic carbocycles. The van der Waals surface area contributed by atoms with Gasteiger partial charge in [0.2, 0.25) is 5.91 Å². The summed E-state index contributed by atoms with van der Waals surface area (Å²) < 4.78 is 31.4. The van der Waals surface area contributed by atoms with Crippen LogP contribution in [0.25, 0.3) is 0 Å². The molecule has 0 aliphatic rings. The molecule has 0 heterocycles. The Balaban J connectivity index is 2.01. The summed E-state index contributed by atoms with van der Waals surface area (Å²) in [6.45, 7) is 5.51. The summed E-state index contributed by atoms with van der Waals surface area (Å²) in [7, 11) is 0. The van der Waals surface area contributed by atoms with Gasteiger partial charge in [-0.2, -0.15) is 0 Å². The Morgan fingerprint density at radius 1 is 1.03 bits per heavy atom. The van der Waals surface area contributed by atoms with Crippen molar-refractivity contribution < 1.29 is 28.2 Å². The maximum atomic E-state index is 12.8. The fourth-order valence-corrected chi connectivity index (χ4v) is 2.87. The van der Waals surface area contributed by atoms with Gasteiger partial charge < -0.3 is 15.2 Å². The van der Waals surface area contributed by atoms with Crippen LogP contribution in [0.3, 0.4) is 0 Å². The molecule has 2 rings (SSSR count). The molecule has 5 nitrogen and oxygen atoms in total. The topological polar surface area (TPSA) is 75.6 Å². The quantitative estimate of drug-likeness (QED) is 0.632. The highest BCUT2D eigenvalue weighted by Crippen LogP contribution is 2.21. The van der Waals surface area contributed by atoms with Gasteiger partial charge in [0, 0.05) is 5.56 Å². The van der Waals surface area contributed by atoms with Crippen LogP contribution in [0.1, 0.15) is 60.3 Å². The van der Waals surface area contributed by atoms with E-state index < -0.39 is 18.5 Å². The van der Waals surface area contributed by atoms with E-state index in [-0.39, 0.29) is 35.6 Å². The Kier molecular flexibility index (Phi) is 7.84. The molecule has 0 fully saturated rings. The third kappa shape index (κ3) is 6.35. The second-order valence-electron chi connectivity index (χ2n) is 7.18. The second kappa shape index (κ2) is 10.1. The Hall–Kier alpha value is -2.80. The molecule has 2 atom stereocenters. The van der Waals surface area contributed by atoms with Crippen molar-refractivity contribution in [2.75, 3.05) is 0 Å². The van der Waals surface area contributed by atoms with E-state index in [0.29, 0.717) is 5.56 Å². The Bertz CT molecular complexity index is 837. The van der Waals surface area contributed by atoms with Crippen molar-refractivity contribution >= 4 is 11.9 Å². The molecule has 0 aliphatic carbocycles. The van der Waals surface area contributed by atoms with Crippen LogP contribution in [0.5, 0.6) is 0 Å². The van der Waals surface area contributed by atoms with Crippen molar-refractivity contribution in [3.05, 3.63) is 70.8 Å². The Labute approximate surface area is 168 Å². The van der Waals surface area contributed by atoms with Crippen LogP contribution in [-0.2, 0) is 16.1 Å². The lowest BCUT2D eigenvalue weighted by molar-refractivity contribution is -0.137. The lowest BCUT2D eigenvalue weighted by Crippen LogP contribution is -2.40. The number of aromatic carboxylic acids is 1. The van der Waals surface area contributed by atoms with Crippen LogP contribution >= 0.6 is 0 Å². The zero-order valence-electron chi connectivity index (χ0n) is 16.6. The maximum Gasteiger partial charge on any atom is 0.335 e. The highest BCUT2D eigenvalue weighted by atomic mass is 19.3. The van der Waals surface area contributed by atoms with Crippen LogP contribution in [0, 0.1) is 5.92 Å². The number of carbonyl (C=O) groups excluding carboxylic acids is 1. The van der Waals surface area contributed by atoms with Gasteiger partial charge in [-0.3, -0.25) is 4.79 Å². The number of nitrogens with one attached hydrogen (secondary N) is 1. The fraction of sp³-hybridized carbons (Fsp3) is 0.364. The van der Waals surface area contributed by atoms with E-state index in [1.54, 1.807) is 25.1 Å². The zero-order chi connectivity index (χ0) is 21.6. The molecule has 0 unspecified atom stereocenters. The number of alkyl halides is 2. The predicted molar refractivity (Wildman–Crippen MR) is 105 cm³/mol. The molecule has 1 amide bonds. The van der Waals surface area contributed by atoms with Crippen LogP contribution in [0.4, 0.5) is 8.78 Å². The van der Waals surface area contributed by atoms with E-state index in [4.69, 9.17) is 9.84 Å². The van der Waals surface area contributed by atoms with E-state index in [0.717, 1.165) is 5.56 Å². The van der Waals surface area contributed by atoms with Crippen molar-refractivity contribution in [2.45, 2.75) is 45.9 Å². The minimum Gasteiger partial charge on any atom is -0.478 e. The van der Waals surface area contributed by atoms with Gasteiger partial charge in [-0.15, -0.1) is 0 Å². The number of carboxylic acid groups (broad SMARTS) is 1. The number of hydrogen-bond acceptors (Lipinski definition) is 3. The van der Waals surface area contributed by atoms with E-state index in [2.05, 4.69) is 5.32 Å². The molecule has 0 bridgehead atoms. The van der Waals surface area contributed by atoms with Gasteiger partial charge in [0.25, 0.3) is 6.43 Å². The smallest absolute Gasteiger partial charge is 0.335 e. The van der Waals surface area contributed by atoms with Gasteiger partial charge in [-0.25, -0.2) is 13.6 Å². The number of ether oxygens (including phenoxy) is 1. The third-order valence-electron chi connectivity index (χ3n) is 4.51. The lowest BCUT2D eigenvalue weighted by Gasteiger charge is -2.24. The summed E-state index contributed by atoms with van der Waals surface area (Å²) in [5.74, 6) is -1.47. The monoisotopic (exact) mass is 405 g/mol. The molecule has 0 aliphatic heterocycles. The van der Waals surface area contributed by atoms with E-state index in [1.165, 1.54) is 30.3 Å². The summed E-state index contributed by atoms with van der Waals surface area (Å²) >= 11 is 0. The summed E-state index contributed by atoms with van der Waals surface area (Å²) in [4.78, 5) is 23.6. The molecule has 0 aromatic heterocycles. The molecule has 2 N–H and O–H groups in total. The second-order valence-corrected chi connectivity index (χ2v) is 7.18. The van der Waals surface area contributed by atoms with Crippen molar-refractivity contribution in [3.63, 3.8) is 0 Å². The largest absolute Gasteiger partial charge is 0.478 e.